The van der Waals surface area contributed by atoms with Crippen LogP contribution in [-0.4, -0.2) is 32.1 Å². The van der Waals surface area contributed by atoms with E-state index in [2.05, 4.69) is 5.32 Å². The number of carbonyl (C=O) groups is 2. The normalized spacial score (nSPS) is 10.6. The molecule has 24 heavy (non-hydrogen) atoms. The Hall–Kier alpha value is -2.67. The smallest absolute Gasteiger partial charge is 0.349 e. The van der Waals surface area contributed by atoms with Gasteiger partial charge in [0.1, 0.15) is 16.9 Å². The number of carbonyl (C=O) groups excluding carboxylic acids is 2. The molecule has 0 spiro atoms. The van der Waals surface area contributed by atoms with E-state index in [0.717, 1.165) is 0 Å². The van der Waals surface area contributed by atoms with Crippen molar-refractivity contribution in [3.63, 3.8) is 0 Å². The molecule has 0 fully saturated rings. The number of esters is 1. The molecule has 1 heterocycles. The zero-order chi connectivity index (χ0) is 17.5. The lowest BCUT2D eigenvalue weighted by atomic mass is 10.1. The van der Waals surface area contributed by atoms with Crippen LogP contribution in [0.3, 0.4) is 0 Å². The van der Waals surface area contributed by atoms with E-state index in [1.54, 1.807) is 12.1 Å². The van der Waals surface area contributed by atoms with Gasteiger partial charge >= 0.3 is 11.6 Å². The van der Waals surface area contributed by atoms with Crippen molar-refractivity contribution in [1.82, 2.24) is 5.32 Å². The topological polar surface area (TPSA) is 94.8 Å². The first-order valence-electron chi connectivity index (χ1n) is 7.61. The van der Waals surface area contributed by atoms with Gasteiger partial charge in [-0.2, -0.15) is 0 Å². The van der Waals surface area contributed by atoms with Gasteiger partial charge in [0.05, 0.1) is 6.61 Å². The zero-order valence-electron chi connectivity index (χ0n) is 13.6. The summed E-state index contributed by atoms with van der Waals surface area (Å²) in [7, 11) is 1.52. The van der Waals surface area contributed by atoms with Gasteiger partial charge in [-0.25, -0.2) is 4.79 Å². The maximum absolute atomic E-state index is 12.0. The van der Waals surface area contributed by atoms with Crippen LogP contribution in [0.25, 0.3) is 11.0 Å². The summed E-state index contributed by atoms with van der Waals surface area (Å²) in [6.45, 7) is 2.51. The van der Waals surface area contributed by atoms with E-state index in [4.69, 9.17) is 13.9 Å². The molecule has 128 valence electrons. The molecule has 7 heteroatoms. The minimum atomic E-state index is -0.755. The van der Waals surface area contributed by atoms with Gasteiger partial charge in [-0.1, -0.05) is 6.92 Å². The highest BCUT2D eigenvalue weighted by Crippen LogP contribution is 2.21. The van der Waals surface area contributed by atoms with Crippen molar-refractivity contribution in [1.29, 1.82) is 0 Å². The average Bonchev–Trinajstić information content (AvgIpc) is 2.54. The van der Waals surface area contributed by atoms with Gasteiger partial charge in [0.15, 0.2) is 0 Å². The summed E-state index contributed by atoms with van der Waals surface area (Å²) in [5.74, 6) is -0.587. The van der Waals surface area contributed by atoms with Crippen LogP contribution in [0.4, 0.5) is 0 Å². The first-order valence-corrected chi connectivity index (χ1v) is 7.61. The highest BCUT2D eigenvalue weighted by atomic mass is 16.5. The van der Waals surface area contributed by atoms with Crippen LogP contribution in [0.1, 0.15) is 30.1 Å². The van der Waals surface area contributed by atoms with Gasteiger partial charge in [-0.05, 0) is 24.6 Å². The number of nitrogens with one attached hydrogen (secondary N) is 1. The molecule has 0 radical (unpaired) electrons. The quantitative estimate of drug-likeness (QED) is 0.360. The Morgan fingerprint density at radius 2 is 2.04 bits per heavy atom. The monoisotopic (exact) mass is 333 g/mol. The third-order valence-electron chi connectivity index (χ3n) is 3.23. The molecule has 1 aromatic heterocycles. The maximum atomic E-state index is 12.0. The average molecular weight is 333 g/mol. The summed E-state index contributed by atoms with van der Waals surface area (Å²) in [6.07, 6.45) is 0.992. The Bertz CT molecular complexity index is 795. The molecule has 0 bridgehead atoms. The Morgan fingerprint density at radius 1 is 1.25 bits per heavy atom. The van der Waals surface area contributed by atoms with Gasteiger partial charge in [0.2, 0.25) is 0 Å². The number of benzene rings is 1. The van der Waals surface area contributed by atoms with Crippen molar-refractivity contribution < 1.29 is 23.5 Å². The van der Waals surface area contributed by atoms with Crippen LogP contribution in [0, 0.1) is 0 Å². The van der Waals surface area contributed by atoms with E-state index in [1.807, 2.05) is 6.92 Å². The fourth-order valence-corrected chi connectivity index (χ4v) is 2.06. The molecule has 0 aliphatic carbocycles. The predicted octanol–water partition coefficient (Wildman–Crippen LogP) is 1.87. The summed E-state index contributed by atoms with van der Waals surface area (Å²) < 4.78 is 15.1. The van der Waals surface area contributed by atoms with Crippen LogP contribution >= 0.6 is 0 Å². The molecule has 0 atom stereocenters. The van der Waals surface area contributed by atoms with Gasteiger partial charge < -0.3 is 19.2 Å². The largest absolute Gasteiger partial charge is 0.426 e. The molecule has 1 N–H and O–H groups in total. The van der Waals surface area contributed by atoms with E-state index < -0.39 is 11.5 Å². The van der Waals surface area contributed by atoms with Crippen molar-refractivity contribution in [3.05, 3.63) is 40.2 Å². The van der Waals surface area contributed by atoms with E-state index in [0.29, 0.717) is 37.1 Å². The number of amides is 1. The Kier molecular flexibility index (Phi) is 6.08. The summed E-state index contributed by atoms with van der Waals surface area (Å²) >= 11 is 0. The van der Waals surface area contributed by atoms with Crippen LogP contribution < -0.4 is 15.7 Å². The minimum Gasteiger partial charge on any atom is -0.426 e. The number of hydrogen-bond acceptors (Lipinski definition) is 6. The molecule has 7 nitrogen and oxygen atoms in total. The van der Waals surface area contributed by atoms with Gasteiger partial charge in [0, 0.05) is 31.5 Å². The fourth-order valence-electron chi connectivity index (χ4n) is 2.06. The Morgan fingerprint density at radius 3 is 2.75 bits per heavy atom. The number of fused-ring (bicyclic) bond motifs is 1. The summed E-state index contributed by atoms with van der Waals surface area (Å²) in [5, 5.41) is 3.12. The lowest BCUT2D eigenvalue weighted by Gasteiger charge is -2.06. The second-order valence-electron chi connectivity index (χ2n) is 5.12. The van der Waals surface area contributed by atoms with Gasteiger partial charge in [-0.3, -0.25) is 9.59 Å². The lowest BCUT2D eigenvalue weighted by Crippen LogP contribution is -2.30. The van der Waals surface area contributed by atoms with Gasteiger partial charge in [-0.15, -0.1) is 0 Å². The fraction of sp³-hybridized carbons (Fsp3) is 0.353. The second-order valence-corrected chi connectivity index (χ2v) is 5.12. The lowest BCUT2D eigenvalue weighted by molar-refractivity contribution is -0.134. The predicted molar refractivity (Wildman–Crippen MR) is 87.2 cm³/mol. The molecule has 2 aromatic rings. The molecule has 0 unspecified atom stereocenters. The standard InChI is InChI=1S/C17H19NO6/c1-3-4-15(19)23-12-6-5-11-9-13(16(20)18-7-8-22-2)17(21)24-14(11)10-12/h5-6,9-10H,3-4,7-8H2,1-2H3,(H,18,20). The first-order chi connectivity index (χ1) is 11.5. The van der Waals surface area contributed by atoms with Crippen LogP contribution in [-0.2, 0) is 9.53 Å². The third kappa shape index (κ3) is 4.42. The number of hydrogen-bond donors (Lipinski definition) is 1. The molecular formula is C17H19NO6. The summed E-state index contributed by atoms with van der Waals surface area (Å²) in [6, 6.07) is 6.11. The van der Waals surface area contributed by atoms with Crippen LogP contribution in [0.5, 0.6) is 5.75 Å². The Labute approximate surface area is 138 Å². The van der Waals surface area contributed by atoms with E-state index in [1.165, 1.54) is 19.2 Å². The maximum Gasteiger partial charge on any atom is 0.349 e. The summed E-state index contributed by atoms with van der Waals surface area (Å²) in [4.78, 5) is 35.5. The van der Waals surface area contributed by atoms with E-state index >= 15 is 0 Å². The molecule has 0 saturated heterocycles. The molecule has 1 amide bonds. The van der Waals surface area contributed by atoms with Crippen molar-refractivity contribution >= 4 is 22.8 Å². The molecule has 0 aliphatic heterocycles. The molecular weight excluding hydrogens is 314 g/mol. The van der Waals surface area contributed by atoms with Crippen molar-refractivity contribution in [2.45, 2.75) is 19.8 Å². The van der Waals surface area contributed by atoms with E-state index in [9.17, 15) is 14.4 Å². The van der Waals surface area contributed by atoms with Crippen molar-refractivity contribution in [2.75, 3.05) is 20.3 Å². The second kappa shape index (κ2) is 8.26. The summed E-state index contributed by atoms with van der Waals surface area (Å²) in [5.41, 5.74) is -0.598. The highest BCUT2D eigenvalue weighted by molar-refractivity contribution is 5.96. The Balaban J connectivity index is 2.24. The van der Waals surface area contributed by atoms with Crippen molar-refractivity contribution in [3.8, 4) is 5.75 Å². The minimum absolute atomic E-state index is 0.0886. The highest BCUT2D eigenvalue weighted by Gasteiger charge is 2.14. The zero-order valence-corrected chi connectivity index (χ0v) is 13.6. The number of ether oxygens (including phenoxy) is 2. The molecule has 2 rings (SSSR count). The number of methoxy groups -OCH3 is 1. The van der Waals surface area contributed by atoms with Gasteiger partial charge in [0.25, 0.3) is 5.91 Å². The van der Waals surface area contributed by atoms with Crippen LogP contribution in [0.2, 0.25) is 0 Å². The SMILES string of the molecule is CCCC(=O)Oc1ccc2cc(C(=O)NCCOC)c(=O)oc2c1. The van der Waals surface area contributed by atoms with Crippen molar-refractivity contribution in [2.24, 2.45) is 0 Å². The first kappa shape index (κ1) is 17.7. The third-order valence-corrected chi connectivity index (χ3v) is 3.23. The molecule has 1 aromatic carbocycles. The van der Waals surface area contributed by atoms with E-state index in [-0.39, 0.29) is 17.1 Å². The molecule has 0 aliphatic rings. The number of rotatable bonds is 7. The molecule has 0 saturated carbocycles. The van der Waals surface area contributed by atoms with Crippen LogP contribution in [0.15, 0.2) is 33.5 Å².